The molecule has 0 atom stereocenters. The number of methoxy groups -OCH3 is 1. The minimum absolute atomic E-state index is 0.0478. The van der Waals surface area contributed by atoms with E-state index in [0.717, 1.165) is 0 Å². The first-order valence-electron chi connectivity index (χ1n) is 8.15. The van der Waals surface area contributed by atoms with E-state index in [0.29, 0.717) is 10.0 Å². The van der Waals surface area contributed by atoms with Crippen molar-refractivity contribution in [2.75, 3.05) is 7.11 Å². The van der Waals surface area contributed by atoms with Crippen molar-refractivity contribution in [1.82, 2.24) is 10.3 Å². The number of rotatable bonds is 6. The van der Waals surface area contributed by atoms with Crippen molar-refractivity contribution >= 4 is 33.8 Å². The number of amides is 1. The van der Waals surface area contributed by atoms with Gasteiger partial charge in [-0.2, -0.15) is 0 Å². The number of carbonyl (C=O) groups is 3. The van der Waals surface area contributed by atoms with Gasteiger partial charge in [-0.05, 0) is 24.3 Å². The highest BCUT2D eigenvalue weighted by Crippen LogP contribution is 2.29. The van der Waals surface area contributed by atoms with Gasteiger partial charge in [-0.3, -0.25) is 14.6 Å². The molecule has 8 heteroatoms. The molecule has 27 heavy (non-hydrogen) atoms. The van der Waals surface area contributed by atoms with Gasteiger partial charge in [0, 0.05) is 22.8 Å². The fourth-order valence-corrected chi connectivity index (χ4v) is 2.60. The largest absolute Gasteiger partial charge is 0.465 e. The summed E-state index contributed by atoms with van der Waals surface area (Å²) in [7, 11) is 1.25. The summed E-state index contributed by atoms with van der Waals surface area (Å²) in [6, 6.07) is 8.06. The zero-order valence-corrected chi connectivity index (χ0v) is 16.7. The number of halogens is 1. The average Bonchev–Trinajstić information content (AvgIpc) is 2.66. The minimum Gasteiger partial charge on any atom is -0.465 e. The molecule has 0 aliphatic rings. The summed E-state index contributed by atoms with van der Waals surface area (Å²) < 4.78 is 10.8. The zero-order valence-electron chi connectivity index (χ0n) is 15.1. The van der Waals surface area contributed by atoms with Crippen LogP contribution in [0.2, 0.25) is 0 Å². The normalized spacial score (nSPS) is 10.4. The fourth-order valence-electron chi connectivity index (χ4n) is 2.16. The molecule has 0 spiro atoms. The first kappa shape index (κ1) is 20.6. The molecule has 1 aromatic heterocycles. The molecule has 2 rings (SSSR count). The summed E-state index contributed by atoms with van der Waals surface area (Å²) in [6.45, 7) is 3.35. The molecule has 0 saturated heterocycles. The standard InChI is InChI=1S/C19H19BrN2O5/c1-11(2)18(24)27-16-9-12(20)8-13(19(25)26-3)14(16)10-22-17(23)15-6-4-5-7-21-15/h4-9,11H,10H2,1-3H3,(H,22,23). The Morgan fingerprint density at radius 2 is 1.96 bits per heavy atom. The smallest absolute Gasteiger partial charge is 0.338 e. The van der Waals surface area contributed by atoms with E-state index in [1.54, 1.807) is 44.2 Å². The van der Waals surface area contributed by atoms with E-state index >= 15 is 0 Å². The quantitative estimate of drug-likeness (QED) is 0.554. The summed E-state index contributed by atoms with van der Waals surface area (Å²) >= 11 is 3.29. The van der Waals surface area contributed by atoms with Crippen LogP contribution < -0.4 is 10.1 Å². The van der Waals surface area contributed by atoms with E-state index in [9.17, 15) is 14.4 Å². The van der Waals surface area contributed by atoms with Crippen LogP contribution in [0.1, 0.15) is 40.3 Å². The lowest BCUT2D eigenvalue weighted by Gasteiger charge is -2.16. The lowest BCUT2D eigenvalue weighted by atomic mass is 10.1. The van der Waals surface area contributed by atoms with Gasteiger partial charge in [0.1, 0.15) is 11.4 Å². The van der Waals surface area contributed by atoms with Gasteiger partial charge in [-0.15, -0.1) is 0 Å². The topological polar surface area (TPSA) is 94.6 Å². The van der Waals surface area contributed by atoms with Crippen LogP contribution in [0.25, 0.3) is 0 Å². The van der Waals surface area contributed by atoms with E-state index in [-0.39, 0.29) is 29.5 Å². The van der Waals surface area contributed by atoms with E-state index in [4.69, 9.17) is 9.47 Å². The number of nitrogens with zero attached hydrogens (tertiary/aromatic N) is 1. The molecule has 1 aromatic carbocycles. The van der Waals surface area contributed by atoms with Crippen molar-refractivity contribution in [2.45, 2.75) is 20.4 Å². The second-order valence-corrected chi connectivity index (χ2v) is 6.81. The van der Waals surface area contributed by atoms with Gasteiger partial charge in [-0.25, -0.2) is 4.79 Å². The molecular weight excluding hydrogens is 416 g/mol. The molecule has 1 heterocycles. The Labute approximate surface area is 165 Å². The molecule has 0 aliphatic carbocycles. The lowest BCUT2D eigenvalue weighted by Crippen LogP contribution is -2.26. The van der Waals surface area contributed by atoms with Crippen LogP contribution in [0.3, 0.4) is 0 Å². The van der Waals surface area contributed by atoms with Crippen molar-refractivity contribution in [3.8, 4) is 5.75 Å². The minimum atomic E-state index is -0.611. The number of ether oxygens (including phenoxy) is 2. The number of nitrogens with one attached hydrogen (secondary N) is 1. The second kappa shape index (κ2) is 9.27. The highest BCUT2D eigenvalue weighted by atomic mass is 79.9. The van der Waals surface area contributed by atoms with Crippen molar-refractivity contribution in [1.29, 1.82) is 0 Å². The van der Waals surface area contributed by atoms with Crippen LogP contribution in [0.4, 0.5) is 0 Å². The number of esters is 2. The number of carbonyl (C=O) groups excluding carboxylic acids is 3. The van der Waals surface area contributed by atoms with Crippen molar-refractivity contribution < 1.29 is 23.9 Å². The molecule has 0 bridgehead atoms. The molecule has 142 valence electrons. The highest BCUT2D eigenvalue weighted by Gasteiger charge is 2.21. The molecule has 7 nitrogen and oxygen atoms in total. The van der Waals surface area contributed by atoms with E-state index < -0.39 is 17.8 Å². The van der Waals surface area contributed by atoms with Crippen molar-refractivity contribution in [3.05, 3.63) is 57.8 Å². The number of benzene rings is 1. The van der Waals surface area contributed by atoms with Gasteiger partial charge in [0.15, 0.2) is 0 Å². The number of hydrogen-bond acceptors (Lipinski definition) is 6. The number of pyridine rings is 1. The predicted octanol–water partition coefficient (Wildman–Crippen LogP) is 3.12. The van der Waals surface area contributed by atoms with Gasteiger partial charge >= 0.3 is 11.9 Å². The van der Waals surface area contributed by atoms with Crippen LogP contribution in [0, 0.1) is 5.92 Å². The Morgan fingerprint density at radius 3 is 2.56 bits per heavy atom. The molecule has 0 radical (unpaired) electrons. The Kier molecular flexibility index (Phi) is 7.06. The molecule has 0 aliphatic heterocycles. The third-order valence-electron chi connectivity index (χ3n) is 3.58. The van der Waals surface area contributed by atoms with Crippen LogP contribution in [-0.2, 0) is 16.1 Å². The van der Waals surface area contributed by atoms with Gasteiger partial charge < -0.3 is 14.8 Å². The van der Waals surface area contributed by atoms with Crippen molar-refractivity contribution in [3.63, 3.8) is 0 Å². The van der Waals surface area contributed by atoms with Crippen molar-refractivity contribution in [2.24, 2.45) is 5.92 Å². The van der Waals surface area contributed by atoms with Crippen LogP contribution in [0.5, 0.6) is 5.75 Å². The second-order valence-electron chi connectivity index (χ2n) is 5.90. The van der Waals surface area contributed by atoms with E-state index in [1.807, 2.05) is 0 Å². The summed E-state index contributed by atoms with van der Waals surface area (Å²) in [4.78, 5) is 40.4. The summed E-state index contributed by atoms with van der Waals surface area (Å²) in [5.41, 5.74) is 0.748. The van der Waals surface area contributed by atoms with Gasteiger partial charge in [-0.1, -0.05) is 35.8 Å². The van der Waals surface area contributed by atoms with E-state index in [2.05, 4.69) is 26.2 Å². The Balaban J connectivity index is 2.36. The SMILES string of the molecule is COC(=O)c1cc(Br)cc(OC(=O)C(C)C)c1CNC(=O)c1ccccn1. The van der Waals surface area contributed by atoms with Gasteiger partial charge in [0.2, 0.25) is 0 Å². The number of hydrogen-bond donors (Lipinski definition) is 1. The third kappa shape index (κ3) is 5.37. The first-order chi connectivity index (χ1) is 12.8. The maximum Gasteiger partial charge on any atom is 0.338 e. The Hall–Kier alpha value is -2.74. The summed E-state index contributed by atoms with van der Waals surface area (Å²) in [5.74, 6) is -1.68. The number of aromatic nitrogens is 1. The predicted molar refractivity (Wildman–Crippen MR) is 101 cm³/mol. The van der Waals surface area contributed by atoms with Crippen LogP contribution >= 0.6 is 15.9 Å². The molecule has 0 saturated carbocycles. The Morgan fingerprint density at radius 1 is 1.22 bits per heavy atom. The third-order valence-corrected chi connectivity index (χ3v) is 4.04. The van der Waals surface area contributed by atoms with Crippen LogP contribution in [-0.4, -0.2) is 29.9 Å². The maximum atomic E-state index is 12.3. The monoisotopic (exact) mass is 434 g/mol. The summed E-state index contributed by atoms with van der Waals surface area (Å²) in [6.07, 6.45) is 1.50. The average molecular weight is 435 g/mol. The van der Waals surface area contributed by atoms with Gasteiger partial charge in [0.05, 0.1) is 18.6 Å². The molecule has 2 aromatic rings. The van der Waals surface area contributed by atoms with Crippen LogP contribution in [0.15, 0.2) is 41.0 Å². The molecular formula is C19H19BrN2O5. The molecule has 1 amide bonds. The first-order valence-corrected chi connectivity index (χ1v) is 8.94. The lowest BCUT2D eigenvalue weighted by molar-refractivity contribution is -0.137. The Bertz CT molecular complexity index is 853. The summed E-state index contributed by atoms with van der Waals surface area (Å²) in [5, 5.41) is 2.68. The zero-order chi connectivity index (χ0) is 20.0. The molecule has 1 N–H and O–H groups in total. The fraction of sp³-hybridized carbons (Fsp3) is 0.263. The maximum absolute atomic E-state index is 12.3. The molecule has 0 unspecified atom stereocenters. The van der Waals surface area contributed by atoms with E-state index in [1.165, 1.54) is 13.3 Å². The highest BCUT2D eigenvalue weighted by molar-refractivity contribution is 9.10. The molecule has 0 fully saturated rings. The van der Waals surface area contributed by atoms with Gasteiger partial charge in [0.25, 0.3) is 5.91 Å².